The standard InChI is InChI=1S/5C17H18N2O6/c5*1-9-13(16(20)24-3)15(14(10(2)18-9)17(21)25-4)11-7-5-6-8-12(11)19(22)23/h5*5-8,15,18H,1-4H3/i1D3,3D3,5D,6D,7D,8D,15D;5D,6D,7D,8D,15D;5D,6D,7D,8D;3D3,15D;15D. The Morgan fingerprint density at radius 2 is 0.472 bits per heavy atom. The Morgan fingerprint density at radius 1 is 0.280 bits per heavy atom. The van der Waals surface area contributed by atoms with Crippen molar-refractivity contribution in [2.75, 3.05) is 71.0 Å². The molecule has 0 spiro atoms. The van der Waals surface area contributed by atoms with Crippen molar-refractivity contribution in [1.29, 1.82) is 0 Å². The highest BCUT2D eigenvalue weighted by Gasteiger charge is 2.47. The number of nitrogens with one attached hydrogen (secondary N) is 5. The molecule has 2 atom stereocenters. The number of esters is 10. The van der Waals surface area contributed by atoms with Crippen LogP contribution in [-0.4, -0.2) is 155 Å². The Morgan fingerprint density at radius 3 is 0.712 bits per heavy atom. The summed E-state index contributed by atoms with van der Waals surface area (Å²) in [6.07, 6.45) is 0. The molecule has 660 valence electrons. The predicted octanol–water partition coefficient (Wildman–Crippen LogP) is 10.9. The van der Waals surface area contributed by atoms with Crippen LogP contribution >= 0.6 is 0 Å². The number of nitro benzene ring substituents is 5. The van der Waals surface area contributed by atoms with E-state index >= 15 is 0 Å². The molecular formula is C85H90N10O30. The number of ether oxygens (including phenoxy) is 10. The molecule has 0 radical (unpaired) electrons. The van der Waals surface area contributed by atoms with Crippen LogP contribution in [0.15, 0.2) is 234 Å². The van der Waals surface area contributed by atoms with Crippen LogP contribution in [0.25, 0.3) is 0 Å². The van der Waals surface area contributed by atoms with Crippen LogP contribution < -0.4 is 26.6 Å². The minimum Gasteiger partial charge on any atom is -0.466 e. The van der Waals surface area contributed by atoms with Gasteiger partial charge in [-0.3, -0.25) is 50.6 Å². The summed E-state index contributed by atoms with van der Waals surface area (Å²) in [5.74, 6) is -24.0. The lowest BCUT2D eigenvalue weighted by Crippen LogP contribution is -2.32. The third-order valence-electron chi connectivity index (χ3n) is 17.9. The Kier molecular flexibility index (Phi) is 22.9. The smallest absolute Gasteiger partial charge is 0.336 e. The number of dihydropyridines is 5. The number of allylic oxidation sites excluding steroid dienone is 10. The molecule has 0 saturated heterocycles. The summed E-state index contributed by atoms with van der Waals surface area (Å²) in [5.41, 5.74) is -13.5. The van der Waals surface area contributed by atoms with Crippen molar-refractivity contribution < 1.29 is 154 Å². The number of rotatable bonds is 20. The van der Waals surface area contributed by atoms with Crippen molar-refractivity contribution in [3.05, 3.63) is 312 Å². The van der Waals surface area contributed by atoms with Crippen molar-refractivity contribution in [2.45, 2.75) is 98.7 Å². The van der Waals surface area contributed by atoms with Gasteiger partial charge in [0.05, 0.1) is 205 Å². The summed E-state index contributed by atoms with van der Waals surface area (Å²) in [4.78, 5) is 180. The van der Waals surface area contributed by atoms with Crippen LogP contribution in [0.4, 0.5) is 28.4 Å². The second-order valence-electron chi connectivity index (χ2n) is 25.1. The van der Waals surface area contributed by atoms with Crippen LogP contribution in [0, 0.1) is 50.6 Å². The zero-order valence-electron chi connectivity index (χ0n) is 93.7. The lowest BCUT2D eigenvalue weighted by molar-refractivity contribution is -0.385. The number of methoxy groups -OCH3 is 10. The molecule has 5 aromatic rings. The van der Waals surface area contributed by atoms with Crippen molar-refractivity contribution >= 4 is 88.1 Å². The molecule has 40 nitrogen and oxygen atoms in total. The maximum Gasteiger partial charge on any atom is 0.336 e. The van der Waals surface area contributed by atoms with E-state index in [1.165, 1.54) is 97.9 Å². The number of para-hydroxylation sites is 5. The van der Waals surface area contributed by atoms with Crippen LogP contribution in [0.2, 0.25) is 0 Å². The number of benzene rings is 5. The molecule has 5 N–H and O–H groups in total. The number of hydrogen-bond donors (Lipinski definition) is 5. The number of carbonyl (C=O) groups excluding carboxylic acids is 10. The minimum absolute atomic E-state index is 0.0116. The van der Waals surface area contributed by atoms with Gasteiger partial charge < -0.3 is 74.0 Å². The Balaban J connectivity index is 0.000000287. The molecule has 0 saturated carbocycles. The molecular weight excluding hydrogens is 1640 g/mol. The monoisotopic (exact) mass is 1760 g/mol. The first kappa shape index (κ1) is 66.0. The van der Waals surface area contributed by atoms with E-state index in [0.29, 0.717) is 0 Å². The van der Waals surface area contributed by atoms with Gasteiger partial charge in [-0.15, -0.1) is 0 Å². The molecule has 0 aliphatic carbocycles. The molecule has 5 aromatic carbocycles. The van der Waals surface area contributed by atoms with Gasteiger partial charge in [0, 0.05) is 125 Å². The Labute approximate surface area is 749 Å². The van der Waals surface area contributed by atoms with Crippen LogP contribution in [-0.2, 0) is 95.3 Å². The summed E-state index contributed by atoms with van der Waals surface area (Å²) < 4.78 is 245. The van der Waals surface area contributed by atoms with Crippen molar-refractivity contribution in [1.82, 2.24) is 26.6 Å². The summed E-state index contributed by atoms with van der Waals surface area (Å²) in [6.45, 7) is 9.26. The van der Waals surface area contributed by atoms with Crippen molar-refractivity contribution in [3.63, 3.8) is 0 Å². The fourth-order valence-electron chi connectivity index (χ4n) is 12.9. The average Bonchev–Trinajstić information content (AvgIpc) is 0.702. The van der Waals surface area contributed by atoms with E-state index in [0.717, 1.165) is 69.9 Å². The largest absolute Gasteiger partial charge is 0.466 e. The van der Waals surface area contributed by atoms with E-state index in [1.54, 1.807) is 0 Å². The number of nitrogens with zero attached hydrogens (tertiary/aromatic N) is 5. The van der Waals surface area contributed by atoms with Gasteiger partial charge in [-0.25, -0.2) is 47.9 Å². The van der Waals surface area contributed by atoms with E-state index in [4.69, 9.17) is 66.1 Å². The van der Waals surface area contributed by atoms with E-state index in [9.17, 15) is 99.9 Å². The first-order chi connectivity index (χ1) is 69.1. The van der Waals surface area contributed by atoms with Gasteiger partial charge >= 0.3 is 59.7 Å². The molecule has 0 bridgehead atoms. The lowest BCUT2D eigenvalue weighted by atomic mass is 9.79. The van der Waals surface area contributed by atoms with E-state index < -0.39 is 297 Å². The average molecular weight is 1760 g/mol. The Hall–Kier alpha value is -15.8. The van der Waals surface area contributed by atoms with E-state index in [1.807, 2.05) is 0 Å². The first-order valence-electron chi connectivity index (χ1n) is 47.5. The van der Waals surface area contributed by atoms with E-state index in [-0.39, 0.29) is 79.0 Å². The summed E-state index contributed by atoms with van der Waals surface area (Å²) in [7, 11) is 1.66. The normalized spacial score (nSPS) is 20.6. The molecule has 0 fully saturated rings. The molecule has 5 heterocycles. The maximum absolute atomic E-state index is 13.1. The summed E-state index contributed by atoms with van der Waals surface area (Å²) in [5, 5.41) is 71.9. The van der Waals surface area contributed by atoms with E-state index in [2.05, 4.69) is 40.8 Å². The first-order valence-corrected chi connectivity index (χ1v) is 35.0. The minimum atomic E-state index is -3.51. The second kappa shape index (κ2) is 43.4. The third kappa shape index (κ3) is 21.3. The molecule has 40 heteroatoms. The topological polar surface area (TPSA) is 539 Å². The second-order valence-corrected chi connectivity index (χ2v) is 25.1. The molecule has 125 heavy (non-hydrogen) atoms. The van der Waals surface area contributed by atoms with Crippen molar-refractivity contribution in [3.8, 4) is 0 Å². The zero-order valence-corrected chi connectivity index (χ0v) is 68.7. The zero-order chi connectivity index (χ0) is 115. The van der Waals surface area contributed by atoms with Gasteiger partial charge in [0.15, 0.2) is 0 Å². The summed E-state index contributed by atoms with van der Waals surface area (Å²) >= 11 is 0. The van der Waals surface area contributed by atoms with Crippen LogP contribution in [0.3, 0.4) is 0 Å². The number of carbonyl (C=O) groups is 10. The number of nitro groups is 5. The Bertz CT molecular complexity index is 6870. The van der Waals surface area contributed by atoms with Gasteiger partial charge in [-0.05, 0) is 69.2 Å². The van der Waals surface area contributed by atoms with Gasteiger partial charge in [0.2, 0.25) is 0 Å². The third-order valence-corrected chi connectivity index (χ3v) is 17.9. The lowest BCUT2D eigenvalue weighted by Gasteiger charge is -2.29. The molecule has 10 rings (SSSR count). The fourth-order valence-corrected chi connectivity index (χ4v) is 12.9. The molecule has 5 aliphatic heterocycles. The summed E-state index contributed by atoms with van der Waals surface area (Å²) in [6, 6.07) is -1.11. The van der Waals surface area contributed by atoms with Crippen LogP contribution in [0.1, 0.15) is 161 Å². The van der Waals surface area contributed by atoms with Gasteiger partial charge in [0.25, 0.3) is 28.4 Å². The molecule has 2 unspecified atom stereocenters. The molecule has 0 aromatic heterocycles. The molecule has 0 amide bonds. The molecule has 5 aliphatic rings. The maximum atomic E-state index is 13.1. The predicted molar refractivity (Wildman–Crippen MR) is 442 cm³/mol. The SMILES string of the molecule is [2H]C([2H])([2H])OC(=O)C1=C(C)NC(C)=C(C(=O)OC)C1([2H])c1ccccc1[N+](=O)[O-].[2H]C1(c2ccccc2[N+](=O)[O-])C(C(=O)OC)=C(C)NC(C)=C1C(=O)OC.[2H]c1c([2H])c([2H])c(C2([2H])C(C(=O)OC)=C(C)NC(C([2H])([2H])[2H])=C2C(=O)OC([2H])([2H])[2H])c([N+](=O)[O-])c1[2H].[2H]c1c([2H])c([2H])c(C2([2H])C(C(=O)OC)=C(C)NC(C)=C2C(=O)OC)c([N+](=O)[O-])c1[2H].[2H]c1c([2H])c([2H])c([N+](=O)[O-])c(C2C(C(=O)OC)=C(C)NC(C)=C2C(=O)OC)c1[2H]. The van der Waals surface area contributed by atoms with Crippen molar-refractivity contribution in [2.24, 2.45) is 0 Å². The van der Waals surface area contributed by atoms with Gasteiger partial charge in [-0.2, -0.15) is 0 Å². The quantitative estimate of drug-likeness (QED) is 0.0209. The highest BCUT2D eigenvalue weighted by Crippen LogP contribution is 2.48. The highest BCUT2D eigenvalue weighted by molar-refractivity contribution is 6.04. The fraction of sp³-hybridized carbons (Fsp3) is 0.294. The highest BCUT2D eigenvalue weighted by atomic mass is 16.6. The van der Waals surface area contributed by atoms with Gasteiger partial charge in [-0.1, -0.05) is 90.8 Å². The number of hydrogen-bond acceptors (Lipinski definition) is 35. The van der Waals surface area contributed by atoms with Crippen LogP contribution in [0.5, 0.6) is 0 Å². The van der Waals surface area contributed by atoms with Gasteiger partial charge in [0.1, 0.15) is 0 Å².